The van der Waals surface area contributed by atoms with Gasteiger partial charge in [-0.3, -0.25) is 4.79 Å². The van der Waals surface area contributed by atoms with Crippen LogP contribution in [0.1, 0.15) is 58.6 Å². The normalized spacial score (nSPS) is 27.0. The zero-order valence-electron chi connectivity index (χ0n) is 13.6. The summed E-state index contributed by atoms with van der Waals surface area (Å²) >= 11 is 1.69. The number of fused-ring (bicyclic) bond motifs is 1. The molecule has 1 aromatic heterocycles. The van der Waals surface area contributed by atoms with Crippen LogP contribution in [0, 0.1) is 0 Å². The molecule has 2 saturated heterocycles. The van der Waals surface area contributed by atoms with Gasteiger partial charge in [-0.1, -0.05) is 0 Å². The number of nitrogens with zero attached hydrogens (tertiary/aromatic N) is 1. The molecule has 1 aromatic rings. The minimum atomic E-state index is -0.399. The Morgan fingerprint density at radius 1 is 1.26 bits per heavy atom. The summed E-state index contributed by atoms with van der Waals surface area (Å²) < 4.78 is 5.93. The third-order valence-corrected chi connectivity index (χ3v) is 6.95. The molecular weight excluding hydrogens is 310 g/mol. The van der Waals surface area contributed by atoms with Gasteiger partial charge in [0, 0.05) is 24.6 Å². The first-order chi connectivity index (χ1) is 11.2. The lowest BCUT2D eigenvalue weighted by molar-refractivity contribution is -0.174. The second kappa shape index (κ2) is 6.19. The topological polar surface area (TPSA) is 49.8 Å². The van der Waals surface area contributed by atoms with E-state index in [9.17, 15) is 9.90 Å². The summed E-state index contributed by atoms with van der Waals surface area (Å²) in [6.07, 6.45) is 7.66. The van der Waals surface area contributed by atoms with Crippen LogP contribution in [-0.4, -0.2) is 47.3 Å². The van der Waals surface area contributed by atoms with Gasteiger partial charge in [-0.05, 0) is 63.0 Å². The molecule has 1 N–H and O–H groups in total. The van der Waals surface area contributed by atoms with Gasteiger partial charge in [0.1, 0.15) is 0 Å². The molecule has 3 aliphatic rings. The summed E-state index contributed by atoms with van der Waals surface area (Å²) in [5.41, 5.74) is 0.994. The average molecular weight is 335 g/mol. The molecule has 2 aliphatic heterocycles. The molecule has 1 atom stereocenters. The number of aliphatic hydroxyl groups excluding tert-OH is 1. The van der Waals surface area contributed by atoms with E-state index < -0.39 is 5.60 Å². The molecule has 4 nitrogen and oxygen atoms in total. The number of likely N-dealkylation sites (tertiary alicyclic amines) is 1. The highest BCUT2D eigenvalue weighted by atomic mass is 32.1. The van der Waals surface area contributed by atoms with Gasteiger partial charge in [-0.25, -0.2) is 0 Å². The summed E-state index contributed by atoms with van der Waals surface area (Å²) in [6, 6.07) is 2.12. The lowest BCUT2D eigenvalue weighted by atomic mass is 9.82. The number of hydrogen-bond donors (Lipinski definition) is 1. The van der Waals surface area contributed by atoms with E-state index in [1.807, 2.05) is 4.90 Å². The van der Waals surface area contributed by atoms with Crippen molar-refractivity contribution in [3.05, 3.63) is 21.4 Å². The molecule has 4 rings (SSSR count). The second-order valence-corrected chi connectivity index (χ2v) is 8.27. The molecule has 1 amide bonds. The molecule has 0 aromatic carbocycles. The van der Waals surface area contributed by atoms with Gasteiger partial charge in [0.25, 0.3) is 5.91 Å². The predicted molar refractivity (Wildman–Crippen MR) is 90.0 cm³/mol. The molecule has 5 heteroatoms. The first kappa shape index (κ1) is 15.6. The molecule has 3 heterocycles. The minimum absolute atomic E-state index is 0.171. The highest BCUT2D eigenvalue weighted by Crippen LogP contribution is 2.36. The van der Waals surface area contributed by atoms with E-state index in [-0.39, 0.29) is 12.0 Å². The Balaban J connectivity index is 1.43. The van der Waals surface area contributed by atoms with Crippen LogP contribution >= 0.6 is 11.3 Å². The number of aryl methyl sites for hydroxylation is 2. The van der Waals surface area contributed by atoms with Crippen molar-refractivity contribution in [2.24, 2.45) is 0 Å². The summed E-state index contributed by atoms with van der Waals surface area (Å²) in [7, 11) is 0. The second-order valence-electron chi connectivity index (χ2n) is 7.13. The van der Waals surface area contributed by atoms with Gasteiger partial charge in [0.15, 0.2) is 0 Å². The number of rotatable bonds is 1. The lowest BCUT2D eigenvalue weighted by Gasteiger charge is -2.46. The third-order valence-electron chi connectivity index (χ3n) is 5.72. The SMILES string of the molecule is O=C(c1cc2c(s1)CCCC2)N1CCC2(CC1)OCCCC2O. The number of carbonyl (C=O) groups is 1. The summed E-state index contributed by atoms with van der Waals surface area (Å²) in [5, 5.41) is 10.3. The monoisotopic (exact) mass is 335 g/mol. The van der Waals surface area contributed by atoms with E-state index in [1.54, 1.807) is 11.3 Å². The molecule has 2 fully saturated rings. The van der Waals surface area contributed by atoms with Crippen LogP contribution in [0.3, 0.4) is 0 Å². The smallest absolute Gasteiger partial charge is 0.263 e. The first-order valence-corrected chi connectivity index (χ1v) is 9.72. The zero-order chi connectivity index (χ0) is 15.9. The standard InChI is InChI=1S/C18H25NO3S/c20-16-6-3-11-22-18(16)7-9-19(10-8-18)17(21)15-12-13-4-1-2-5-14(13)23-15/h12,16,20H,1-11H2. The summed E-state index contributed by atoms with van der Waals surface area (Å²) in [6.45, 7) is 2.12. The van der Waals surface area contributed by atoms with E-state index >= 15 is 0 Å². The summed E-state index contributed by atoms with van der Waals surface area (Å²) in [4.78, 5) is 17.1. The van der Waals surface area contributed by atoms with Crippen molar-refractivity contribution >= 4 is 17.2 Å². The van der Waals surface area contributed by atoms with E-state index in [0.717, 1.165) is 50.0 Å². The number of amides is 1. The van der Waals surface area contributed by atoms with E-state index in [0.29, 0.717) is 13.1 Å². The molecule has 0 saturated carbocycles. The van der Waals surface area contributed by atoms with Crippen molar-refractivity contribution in [1.82, 2.24) is 4.90 Å². The predicted octanol–water partition coefficient (Wildman–Crippen LogP) is 2.77. The van der Waals surface area contributed by atoms with Crippen molar-refractivity contribution < 1.29 is 14.6 Å². The van der Waals surface area contributed by atoms with Gasteiger partial charge in [-0.15, -0.1) is 11.3 Å². The minimum Gasteiger partial charge on any atom is -0.390 e. The number of aliphatic hydroxyl groups is 1. The molecule has 23 heavy (non-hydrogen) atoms. The summed E-state index contributed by atoms with van der Waals surface area (Å²) in [5.74, 6) is 0.171. The maximum Gasteiger partial charge on any atom is 0.263 e. The third kappa shape index (κ3) is 2.83. The van der Waals surface area contributed by atoms with Crippen LogP contribution in [-0.2, 0) is 17.6 Å². The Hall–Kier alpha value is -0.910. The average Bonchev–Trinajstić information content (AvgIpc) is 3.02. The first-order valence-electron chi connectivity index (χ1n) is 8.91. The van der Waals surface area contributed by atoms with E-state index in [4.69, 9.17) is 4.74 Å². The fourth-order valence-corrected chi connectivity index (χ4v) is 5.45. The van der Waals surface area contributed by atoms with Crippen molar-refractivity contribution in [3.63, 3.8) is 0 Å². The van der Waals surface area contributed by atoms with Crippen molar-refractivity contribution in [1.29, 1.82) is 0 Å². The Labute approximate surface area is 141 Å². The maximum absolute atomic E-state index is 12.8. The van der Waals surface area contributed by atoms with Crippen molar-refractivity contribution in [3.8, 4) is 0 Å². The largest absolute Gasteiger partial charge is 0.390 e. The van der Waals surface area contributed by atoms with Crippen LogP contribution in [0.2, 0.25) is 0 Å². The van der Waals surface area contributed by atoms with Crippen LogP contribution in [0.5, 0.6) is 0 Å². The fraction of sp³-hybridized carbons (Fsp3) is 0.722. The van der Waals surface area contributed by atoms with Crippen molar-refractivity contribution in [2.75, 3.05) is 19.7 Å². The van der Waals surface area contributed by atoms with Crippen molar-refractivity contribution in [2.45, 2.75) is 63.1 Å². The number of carbonyl (C=O) groups excluding carboxylic acids is 1. The van der Waals surface area contributed by atoms with Crippen LogP contribution in [0.25, 0.3) is 0 Å². The van der Waals surface area contributed by atoms with E-state index in [1.165, 1.54) is 23.3 Å². The Morgan fingerprint density at radius 2 is 2.04 bits per heavy atom. The van der Waals surface area contributed by atoms with Gasteiger partial charge in [-0.2, -0.15) is 0 Å². The molecule has 0 radical (unpaired) electrons. The highest BCUT2D eigenvalue weighted by Gasteiger charge is 2.44. The van der Waals surface area contributed by atoms with Crippen LogP contribution in [0.4, 0.5) is 0 Å². The number of thiophene rings is 1. The Morgan fingerprint density at radius 3 is 2.78 bits per heavy atom. The lowest BCUT2D eigenvalue weighted by Crippen LogP contribution is -2.56. The molecule has 1 unspecified atom stereocenters. The highest BCUT2D eigenvalue weighted by molar-refractivity contribution is 7.14. The quantitative estimate of drug-likeness (QED) is 0.858. The van der Waals surface area contributed by atoms with Crippen LogP contribution < -0.4 is 0 Å². The van der Waals surface area contributed by atoms with Gasteiger partial charge in [0.05, 0.1) is 16.6 Å². The molecule has 1 spiro atoms. The van der Waals surface area contributed by atoms with Crippen LogP contribution in [0.15, 0.2) is 6.07 Å². The van der Waals surface area contributed by atoms with Gasteiger partial charge in [0.2, 0.25) is 0 Å². The molecule has 0 bridgehead atoms. The fourth-order valence-electron chi connectivity index (χ4n) is 4.23. The Kier molecular flexibility index (Phi) is 4.20. The van der Waals surface area contributed by atoms with Gasteiger partial charge >= 0.3 is 0 Å². The molecule has 126 valence electrons. The van der Waals surface area contributed by atoms with Gasteiger partial charge < -0.3 is 14.7 Å². The molecular formula is C18H25NO3S. The van der Waals surface area contributed by atoms with E-state index in [2.05, 4.69) is 6.07 Å². The zero-order valence-corrected chi connectivity index (χ0v) is 14.4. The number of piperidine rings is 1. The maximum atomic E-state index is 12.8. The number of ether oxygens (including phenoxy) is 1. The Bertz CT molecular complexity index is 566. The number of hydrogen-bond acceptors (Lipinski definition) is 4. The molecule has 1 aliphatic carbocycles.